The van der Waals surface area contributed by atoms with Crippen molar-refractivity contribution in [1.82, 2.24) is 0 Å². The second-order valence-electron chi connectivity index (χ2n) is 7.13. The summed E-state index contributed by atoms with van der Waals surface area (Å²) in [5.74, 6) is 1.03. The minimum atomic E-state index is -0.541. The van der Waals surface area contributed by atoms with Crippen LogP contribution < -0.4 is 19.5 Å². The Bertz CT molecular complexity index is 1290. The van der Waals surface area contributed by atoms with Crippen molar-refractivity contribution in [2.75, 3.05) is 19.0 Å². The monoisotopic (exact) mass is 574 g/mol. The smallest absolute Gasteiger partial charge is 0.266 e. The number of carbonyl (C=O) groups is 1. The molecule has 0 atom stereocenters. The molecule has 0 aliphatic rings. The Hall–Kier alpha value is -3.18. The number of benzene rings is 3. The maximum absolute atomic E-state index is 12.7. The molecule has 0 unspecified atom stereocenters. The maximum atomic E-state index is 12.7. The van der Waals surface area contributed by atoms with Crippen LogP contribution in [0, 0.1) is 11.3 Å². The van der Waals surface area contributed by atoms with Gasteiger partial charge in [0, 0.05) is 25.8 Å². The van der Waals surface area contributed by atoms with Crippen molar-refractivity contribution >= 4 is 56.8 Å². The third-order valence-electron chi connectivity index (χ3n) is 4.77. The summed E-state index contributed by atoms with van der Waals surface area (Å²) in [6.45, 7) is 2.63. The van der Waals surface area contributed by atoms with Gasteiger partial charge in [0.2, 0.25) is 0 Å². The zero-order valence-electron chi connectivity index (χ0n) is 18.9. The number of amides is 1. The maximum Gasteiger partial charge on any atom is 0.266 e. The molecular weight excluding hydrogens is 555 g/mol. The molecule has 0 saturated carbocycles. The minimum Gasteiger partial charge on any atom is -0.494 e. The summed E-state index contributed by atoms with van der Waals surface area (Å²) in [7, 11) is 1.50. The van der Waals surface area contributed by atoms with E-state index in [-0.39, 0.29) is 12.2 Å². The first-order chi connectivity index (χ1) is 16.8. The van der Waals surface area contributed by atoms with Crippen LogP contribution in [0.4, 0.5) is 5.69 Å². The minimum absolute atomic E-state index is 0.0803. The molecule has 6 nitrogen and oxygen atoms in total. The zero-order valence-corrected chi connectivity index (χ0v) is 22.0. The molecule has 1 amide bonds. The van der Waals surface area contributed by atoms with Crippen molar-refractivity contribution in [3.05, 3.63) is 85.8 Å². The van der Waals surface area contributed by atoms with E-state index in [1.54, 1.807) is 54.6 Å². The van der Waals surface area contributed by atoms with Crippen LogP contribution in [-0.4, -0.2) is 19.6 Å². The summed E-state index contributed by atoms with van der Waals surface area (Å²) < 4.78 is 17.4. The van der Waals surface area contributed by atoms with Crippen LogP contribution in [-0.2, 0) is 11.4 Å². The molecule has 0 saturated heterocycles. The fraction of sp³-hybridized carbons (Fsp3) is 0.154. The molecule has 0 radical (unpaired) electrons. The molecule has 180 valence electrons. The molecule has 9 heteroatoms. The molecule has 0 fully saturated rings. The molecule has 0 aliphatic heterocycles. The van der Waals surface area contributed by atoms with Gasteiger partial charge in [-0.25, -0.2) is 0 Å². The molecule has 3 rings (SSSR count). The topological polar surface area (TPSA) is 80.6 Å². The number of carbonyl (C=O) groups excluding carboxylic acids is 1. The first-order valence-corrected chi connectivity index (χ1v) is 12.0. The van der Waals surface area contributed by atoms with Gasteiger partial charge in [0.1, 0.15) is 24.0 Å². The van der Waals surface area contributed by atoms with Crippen molar-refractivity contribution in [1.29, 1.82) is 5.26 Å². The van der Waals surface area contributed by atoms with E-state index in [9.17, 15) is 10.1 Å². The number of ether oxygens (including phenoxy) is 3. The van der Waals surface area contributed by atoms with Gasteiger partial charge in [-0.05, 0) is 67.1 Å². The lowest BCUT2D eigenvalue weighted by atomic mass is 10.1. The molecule has 3 aromatic rings. The molecule has 35 heavy (non-hydrogen) atoms. The Labute approximate surface area is 222 Å². The molecule has 0 bridgehead atoms. The van der Waals surface area contributed by atoms with E-state index in [1.807, 2.05) is 13.0 Å². The molecule has 0 aliphatic carbocycles. The highest BCUT2D eigenvalue weighted by Crippen LogP contribution is 2.35. The van der Waals surface area contributed by atoms with Gasteiger partial charge in [-0.15, -0.1) is 0 Å². The Balaban J connectivity index is 1.78. The molecule has 3 aromatic carbocycles. The standard InChI is InChI=1S/C26H21BrCl2N2O4/c1-3-34-21-8-6-20(7-9-21)31-26(32)18(14-30)10-17-11-24(33-2)25(13-22(17)27)35-15-16-4-5-19(28)12-23(16)29/h4-13H,3,15H2,1-2H3,(H,31,32). The van der Waals surface area contributed by atoms with Crippen LogP contribution >= 0.6 is 39.1 Å². The summed E-state index contributed by atoms with van der Waals surface area (Å²) >= 11 is 15.6. The first-order valence-electron chi connectivity index (χ1n) is 10.4. The first kappa shape index (κ1) is 26.4. The fourth-order valence-electron chi connectivity index (χ4n) is 3.03. The van der Waals surface area contributed by atoms with Crippen molar-refractivity contribution in [3.8, 4) is 23.3 Å². The summed E-state index contributed by atoms with van der Waals surface area (Å²) in [6, 6.07) is 17.4. The normalized spacial score (nSPS) is 10.9. The van der Waals surface area contributed by atoms with Gasteiger partial charge < -0.3 is 19.5 Å². The van der Waals surface area contributed by atoms with Gasteiger partial charge in [-0.2, -0.15) is 5.26 Å². The highest BCUT2D eigenvalue weighted by Gasteiger charge is 2.14. The summed E-state index contributed by atoms with van der Waals surface area (Å²) in [6.07, 6.45) is 1.47. The lowest BCUT2D eigenvalue weighted by molar-refractivity contribution is -0.112. The lowest BCUT2D eigenvalue weighted by Crippen LogP contribution is -2.13. The number of hydrogen-bond donors (Lipinski definition) is 1. The van der Waals surface area contributed by atoms with Crippen LogP contribution in [0.25, 0.3) is 6.08 Å². The van der Waals surface area contributed by atoms with Gasteiger partial charge in [-0.3, -0.25) is 4.79 Å². The van der Waals surface area contributed by atoms with Crippen LogP contribution in [0.3, 0.4) is 0 Å². The van der Waals surface area contributed by atoms with Crippen molar-refractivity contribution in [2.45, 2.75) is 13.5 Å². The van der Waals surface area contributed by atoms with Crippen molar-refractivity contribution < 1.29 is 19.0 Å². The molecule has 1 N–H and O–H groups in total. The Morgan fingerprint density at radius 3 is 2.46 bits per heavy atom. The van der Waals surface area contributed by atoms with E-state index < -0.39 is 5.91 Å². The van der Waals surface area contributed by atoms with Gasteiger partial charge >= 0.3 is 0 Å². The average molecular weight is 576 g/mol. The number of nitrogens with zero attached hydrogens (tertiary/aromatic N) is 1. The number of hydrogen-bond acceptors (Lipinski definition) is 5. The van der Waals surface area contributed by atoms with E-state index in [0.29, 0.717) is 49.6 Å². The van der Waals surface area contributed by atoms with Crippen molar-refractivity contribution in [2.24, 2.45) is 0 Å². The lowest BCUT2D eigenvalue weighted by Gasteiger charge is -2.14. The predicted octanol–water partition coefficient (Wildman–Crippen LogP) is 7.29. The average Bonchev–Trinajstić information content (AvgIpc) is 2.84. The van der Waals surface area contributed by atoms with Crippen molar-refractivity contribution in [3.63, 3.8) is 0 Å². The van der Waals surface area contributed by atoms with Gasteiger partial charge in [0.15, 0.2) is 11.5 Å². The zero-order chi connectivity index (χ0) is 25.4. The molecule has 0 aromatic heterocycles. The highest BCUT2D eigenvalue weighted by molar-refractivity contribution is 9.10. The number of nitrogens with one attached hydrogen (secondary N) is 1. The van der Waals surface area contributed by atoms with Crippen LogP contribution in [0.15, 0.2) is 64.6 Å². The summed E-state index contributed by atoms with van der Waals surface area (Å²) in [4.78, 5) is 12.7. The van der Waals surface area contributed by atoms with Gasteiger partial charge in [0.05, 0.1) is 13.7 Å². The third-order valence-corrected chi connectivity index (χ3v) is 6.04. The number of anilines is 1. The summed E-state index contributed by atoms with van der Waals surface area (Å²) in [5, 5.41) is 13.3. The molecule has 0 heterocycles. The predicted molar refractivity (Wildman–Crippen MR) is 141 cm³/mol. The number of halogens is 3. The van der Waals surface area contributed by atoms with Gasteiger partial charge in [0.25, 0.3) is 5.91 Å². The van der Waals surface area contributed by atoms with E-state index in [2.05, 4.69) is 21.2 Å². The Morgan fingerprint density at radius 1 is 1.09 bits per heavy atom. The summed E-state index contributed by atoms with van der Waals surface area (Å²) in [5.41, 5.74) is 1.79. The number of nitriles is 1. The highest BCUT2D eigenvalue weighted by atomic mass is 79.9. The van der Waals surface area contributed by atoms with E-state index in [1.165, 1.54) is 13.2 Å². The SMILES string of the molecule is CCOc1ccc(NC(=O)C(C#N)=Cc2cc(OC)c(OCc3ccc(Cl)cc3Cl)cc2Br)cc1. The Kier molecular flexibility index (Phi) is 9.44. The Morgan fingerprint density at radius 2 is 1.83 bits per heavy atom. The molecule has 0 spiro atoms. The second kappa shape index (κ2) is 12.5. The second-order valence-corrected chi connectivity index (χ2v) is 8.83. The fourth-order valence-corrected chi connectivity index (χ4v) is 3.93. The van der Waals surface area contributed by atoms with E-state index >= 15 is 0 Å². The van der Waals surface area contributed by atoms with Crippen LogP contribution in [0.5, 0.6) is 17.2 Å². The largest absolute Gasteiger partial charge is 0.494 e. The van der Waals surface area contributed by atoms with E-state index in [4.69, 9.17) is 37.4 Å². The number of rotatable bonds is 9. The quantitative estimate of drug-likeness (QED) is 0.214. The van der Waals surface area contributed by atoms with E-state index in [0.717, 1.165) is 5.56 Å². The van der Waals surface area contributed by atoms with Gasteiger partial charge in [-0.1, -0.05) is 45.2 Å². The number of methoxy groups -OCH3 is 1. The van der Waals surface area contributed by atoms with Crippen LogP contribution in [0.1, 0.15) is 18.1 Å². The molecular formula is C26H21BrCl2N2O4. The van der Waals surface area contributed by atoms with Crippen LogP contribution in [0.2, 0.25) is 10.0 Å². The third kappa shape index (κ3) is 7.15.